The van der Waals surface area contributed by atoms with Crippen LogP contribution in [0.3, 0.4) is 0 Å². The molecule has 4 rings (SSSR count). The van der Waals surface area contributed by atoms with Crippen molar-refractivity contribution in [3.05, 3.63) is 48.0 Å². The van der Waals surface area contributed by atoms with Gasteiger partial charge in [0.2, 0.25) is 0 Å². The Hall–Kier alpha value is -2.20. The molecule has 1 saturated heterocycles. The van der Waals surface area contributed by atoms with Crippen LogP contribution < -0.4 is 14.4 Å². The van der Waals surface area contributed by atoms with Gasteiger partial charge in [0.1, 0.15) is 11.5 Å². The van der Waals surface area contributed by atoms with E-state index in [0.717, 1.165) is 37.5 Å². The van der Waals surface area contributed by atoms with Crippen LogP contribution in [0.25, 0.3) is 0 Å². The molecule has 0 bridgehead atoms. The minimum absolute atomic E-state index is 0.444. The number of fused-ring (bicyclic) bond motifs is 1. The van der Waals surface area contributed by atoms with Gasteiger partial charge >= 0.3 is 0 Å². The van der Waals surface area contributed by atoms with Crippen LogP contribution in [0.5, 0.6) is 11.5 Å². The molecule has 0 saturated carbocycles. The highest BCUT2D eigenvalue weighted by molar-refractivity contribution is 5.72. The lowest BCUT2D eigenvalue weighted by Gasteiger charge is -2.25. The molecular formula is C23H30N2O2. The van der Waals surface area contributed by atoms with E-state index in [0.29, 0.717) is 6.04 Å². The van der Waals surface area contributed by atoms with Crippen molar-refractivity contribution >= 4 is 11.4 Å². The molecule has 0 radical (unpaired) electrons. The Kier molecular flexibility index (Phi) is 5.53. The second kappa shape index (κ2) is 8.22. The zero-order chi connectivity index (χ0) is 18.6. The van der Waals surface area contributed by atoms with Crippen LogP contribution in [0.1, 0.15) is 31.7 Å². The number of hydrogen-bond acceptors (Lipinski definition) is 4. The molecule has 144 valence electrons. The van der Waals surface area contributed by atoms with Crippen molar-refractivity contribution in [2.75, 3.05) is 38.3 Å². The zero-order valence-corrected chi connectivity index (χ0v) is 16.5. The van der Waals surface area contributed by atoms with Crippen LogP contribution in [-0.2, 0) is 6.42 Å². The third-order valence-corrected chi connectivity index (χ3v) is 5.70. The van der Waals surface area contributed by atoms with Gasteiger partial charge in [0.05, 0.1) is 13.7 Å². The molecule has 2 aromatic carbocycles. The second-order valence-corrected chi connectivity index (χ2v) is 7.66. The minimum Gasteiger partial charge on any atom is -0.497 e. The molecule has 2 aliphatic rings. The highest BCUT2D eigenvalue weighted by Gasteiger charge is 2.27. The van der Waals surface area contributed by atoms with Crippen LogP contribution in [-0.4, -0.2) is 44.3 Å². The quantitative estimate of drug-likeness (QED) is 0.666. The van der Waals surface area contributed by atoms with Gasteiger partial charge in [0.15, 0.2) is 0 Å². The number of rotatable bonds is 7. The summed E-state index contributed by atoms with van der Waals surface area (Å²) in [6, 6.07) is 15.3. The molecule has 2 heterocycles. The molecule has 2 aliphatic heterocycles. The average Bonchev–Trinajstić information content (AvgIpc) is 3.32. The lowest BCUT2D eigenvalue weighted by atomic mass is 10.1. The molecule has 1 unspecified atom stereocenters. The first-order valence-electron chi connectivity index (χ1n) is 10.2. The number of nitrogens with zero attached hydrogens (tertiary/aromatic N) is 2. The van der Waals surface area contributed by atoms with Crippen LogP contribution in [0.15, 0.2) is 42.5 Å². The van der Waals surface area contributed by atoms with E-state index in [9.17, 15) is 0 Å². The predicted octanol–water partition coefficient (Wildman–Crippen LogP) is 4.64. The molecule has 0 aromatic heterocycles. The van der Waals surface area contributed by atoms with Gasteiger partial charge in [-0.15, -0.1) is 0 Å². The Bertz CT molecular complexity index is 753. The van der Waals surface area contributed by atoms with Crippen molar-refractivity contribution in [2.24, 2.45) is 0 Å². The average molecular weight is 367 g/mol. The van der Waals surface area contributed by atoms with Gasteiger partial charge in [-0.05, 0) is 93.7 Å². The lowest BCUT2D eigenvalue weighted by Crippen LogP contribution is -2.23. The van der Waals surface area contributed by atoms with Crippen molar-refractivity contribution in [3.8, 4) is 11.5 Å². The molecule has 0 spiro atoms. The fraction of sp³-hybridized carbons (Fsp3) is 0.478. The first-order chi connectivity index (χ1) is 13.2. The van der Waals surface area contributed by atoms with Crippen molar-refractivity contribution in [1.29, 1.82) is 0 Å². The van der Waals surface area contributed by atoms with Crippen molar-refractivity contribution in [2.45, 2.75) is 38.6 Å². The van der Waals surface area contributed by atoms with E-state index in [1.165, 1.54) is 42.9 Å². The smallest absolute Gasteiger partial charge is 0.119 e. The summed E-state index contributed by atoms with van der Waals surface area (Å²) in [5.74, 6) is 1.89. The van der Waals surface area contributed by atoms with Gasteiger partial charge in [-0.2, -0.15) is 0 Å². The highest BCUT2D eigenvalue weighted by atomic mass is 16.5. The zero-order valence-electron chi connectivity index (χ0n) is 16.5. The second-order valence-electron chi connectivity index (χ2n) is 7.66. The summed E-state index contributed by atoms with van der Waals surface area (Å²) in [5, 5.41) is 0. The van der Waals surface area contributed by atoms with Gasteiger partial charge in [0.25, 0.3) is 0 Å². The van der Waals surface area contributed by atoms with E-state index < -0.39 is 0 Å². The monoisotopic (exact) mass is 366 g/mol. The number of methoxy groups -OCH3 is 1. The third kappa shape index (κ3) is 4.06. The molecule has 0 amide bonds. The van der Waals surface area contributed by atoms with Crippen molar-refractivity contribution in [1.82, 2.24) is 4.90 Å². The van der Waals surface area contributed by atoms with Gasteiger partial charge in [-0.1, -0.05) is 0 Å². The number of anilines is 2. The molecule has 1 fully saturated rings. The van der Waals surface area contributed by atoms with Crippen molar-refractivity contribution < 1.29 is 9.47 Å². The van der Waals surface area contributed by atoms with E-state index >= 15 is 0 Å². The Morgan fingerprint density at radius 1 is 1.00 bits per heavy atom. The largest absolute Gasteiger partial charge is 0.497 e. The molecule has 1 atom stereocenters. The first kappa shape index (κ1) is 18.2. The Labute approximate surface area is 162 Å². The fourth-order valence-corrected chi connectivity index (χ4v) is 4.32. The summed E-state index contributed by atoms with van der Waals surface area (Å²) in [7, 11) is 1.72. The van der Waals surface area contributed by atoms with E-state index in [2.05, 4.69) is 53.1 Å². The summed E-state index contributed by atoms with van der Waals surface area (Å²) in [6.45, 7) is 6.74. The lowest BCUT2D eigenvalue weighted by molar-refractivity contribution is 0.263. The molecule has 2 aromatic rings. The van der Waals surface area contributed by atoms with E-state index in [1.807, 2.05) is 6.07 Å². The maximum atomic E-state index is 5.95. The summed E-state index contributed by atoms with van der Waals surface area (Å²) in [4.78, 5) is 4.94. The fourth-order valence-electron chi connectivity index (χ4n) is 4.32. The summed E-state index contributed by atoms with van der Waals surface area (Å²) >= 11 is 0. The number of likely N-dealkylation sites (tertiary alicyclic amines) is 1. The van der Waals surface area contributed by atoms with Crippen LogP contribution in [0, 0.1) is 0 Å². The summed E-state index contributed by atoms with van der Waals surface area (Å²) in [5.41, 5.74) is 3.85. The molecule has 0 N–H and O–H groups in total. The maximum absolute atomic E-state index is 5.95. The molecular weight excluding hydrogens is 336 g/mol. The Balaban J connectivity index is 1.36. The van der Waals surface area contributed by atoms with Crippen LogP contribution >= 0.6 is 0 Å². The predicted molar refractivity (Wildman–Crippen MR) is 111 cm³/mol. The van der Waals surface area contributed by atoms with E-state index in [1.54, 1.807) is 7.11 Å². The maximum Gasteiger partial charge on any atom is 0.119 e. The SMILES string of the molecule is COc1ccc2c(c1)CC(C)N2c1ccc(OCCCN2CCCC2)cc1. The van der Waals surface area contributed by atoms with Gasteiger partial charge in [-0.3, -0.25) is 0 Å². The first-order valence-corrected chi connectivity index (χ1v) is 10.2. The van der Waals surface area contributed by atoms with Gasteiger partial charge in [0, 0.05) is 24.0 Å². The summed E-state index contributed by atoms with van der Waals surface area (Å²) in [6.07, 6.45) is 4.85. The van der Waals surface area contributed by atoms with E-state index in [4.69, 9.17) is 9.47 Å². The topological polar surface area (TPSA) is 24.9 Å². The normalized spacial score (nSPS) is 19.3. The molecule has 27 heavy (non-hydrogen) atoms. The van der Waals surface area contributed by atoms with Crippen LogP contribution in [0.4, 0.5) is 11.4 Å². The van der Waals surface area contributed by atoms with Crippen molar-refractivity contribution in [3.63, 3.8) is 0 Å². The van der Waals surface area contributed by atoms with E-state index in [-0.39, 0.29) is 0 Å². The number of benzene rings is 2. The minimum atomic E-state index is 0.444. The molecule has 4 heteroatoms. The number of ether oxygens (including phenoxy) is 2. The molecule has 4 nitrogen and oxygen atoms in total. The standard InChI is InChI=1S/C23H30N2O2/c1-18-16-19-17-22(26-2)10-11-23(19)25(18)20-6-8-21(9-7-20)27-15-5-14-24-12-3-4-13-24/h6-11,17-18H,3-5,12-16H2,1-2H3. The Morgan fingerprint density at radius 2 is 1.74 bits per heavy atom. The molecule has 0 aliphatic carbocycles. The van der Waals surface area contributed by atoms with Crippen LogP contribution in [0.2, 0.25) is 0 Å². The number of hydrogen-bond donors (Lipinski definition) is 0. The summed E-state index contributed by atoms with van der Waals surface area (Å²) < 4.78 is 11.3. The highest BCUT2D eigenvalue weighted by Crippen LogP contribution is 2.40. The van der Waals surface area contributed by atoms with Gasteiger partial charge in [-0.25, -0.2) is 0 Å². The van der Waals surface area contributed by atoms with Gasteiger partial charge < -0.3 is 19.3 Å². The Morgan fingerprint density at radius 3 is 2.48 bits per heavy atom. The third-order valence-electron chi connectivity index (χ3n) is 5.70.